The van der Waals surface area contributed by atoms with Crippen molar-refractivity contribution in [3.05, 3.63) is 47.5 Å². The van der Waals surface area contributed by atoms with Crippen LogP contribution in [-0.2, 0) is 6.18 Å². The first-order chi connectivity index (χ1) is 13.8. The SMILES string of the molecule is CCCCN(CCCC)c1cc(C#N)cc(SC)c1-c1ccc(C(F)(F)F)cc1. The zero-order valence-corrected chi connectivity index (χ0v) is 18.0. The number of benzene rings is 2. The number of hydrogen-bond acceptors (Lipinski definition) is 3. The summed E-state index contributed by atoms with van der Waals surface area (Å²) in [6.07, 6.45) is 1.69. The Morgan fingerprint density at radius 1 is 1.00 bits per heavy atom. The van der Waals surface area contributed by atoms with E-state index in [9.17, 15) is 18.4 Å². The molecule has 0 bridgehead atoms. The van der Waals surface area contributed by atoms with Gasteiger partial charge in [-0.3, -0.25) is 0 Å². The van der Waals surface area contributed by atoms with Crippen LogP contribution in [0.3, 0.4) is 0 Å². The Hall–Kier alpha value is -2.13. The van der Waals surface area contributed by atoms with Crippen molar-refractivity contribution < 1.29 is 13.2 Å². The van der Waals surface area contributed by atoms with Gasteiger partial charge in [0.25, 0.3) is 0 Å². The minimum atomic E-state index is -4.36. The van der Waals surface area contributed by atoms with E-state index in [2.05, 4.69) is 24.8 Å². The maximum atomic E-state index is 13.0. The van der Waals surface area contributed by atoms with Gasteiger partial charge in [0, 0.05) is 29.2 Å². The van der Waals surface area contributed by atoms with Crippen molar-refractivity contribution in [1.29, 1.82) is 5.26 Å². The topological polar surface area (TPSA) is 27.0 Å². The van der Waals surface area contributed by atoms with Crippen molar-refractivity contribution in [3.63, 3.8) is 0 Å². The molecule has 0 aliphatic carbocycles. The summed E-state index contributed by atoms with van der Waals surface area (Å²) in [7, 11) is 0. The van der Waals surface area contributed by atoms with Crippen LogP contribution in [0.5, 0.6) is 0 Å². The van der Waals surface area contributed by atoms with Gasteiger partial charge in [-0.2, -0.15) is 18.4 Å². The zero-order valence-electron chi connectivity index (χ0n) is 17.1. The normalized spacial score (nSPS) is 11.3. The van der Waals surface area contributed by atoms with Gasteiger partial charge in [0.1, 0.15) is 0 Å². The summed E-state index contributed by atoms with van der Waals surface area (Å²) >= 11 is 1.51. The van der Waals surface area contributed by atoms with Crippen LogP contribution in [0, 0.1) is 11.3 Å². The van der Waals surface area contributed by atoms with E-state index in [0.717, 1.165) is 72.6 Å². The van der Waals surface area contributed by atoms with E-state index in [1.54, 1.807) is 0 Å². The number of nitrogens with zero attached hydrogens (tertiary/aromatic N) is 2. The molecule has 2 nitrogen and oxygen atoms in total. The first kappa shape index (κ1) is 23.2. The molecule has 0 unspecified atom stereocenters. The molecule has 0 heterocycles. The van der Waals surface area contributed by atoms with Crippen LogP contribution in [-0.4, -0.2) is 19.3 Å². The molecule has 0 amide bonds. The third-order valence-corrected chi connectivity index (χ3v) is 5.60. The number of anilines is 1. The summed E-state index contributed by atoms with van der Waals surface area (Å²) < 4.78 is 39.0. The molecule has 0 saturated heterocycles. The number of halogens is 3. The van der Waals surface area contributed by atoms with Crippen molar-refractivity contribution >= 4 is 17.4 Å². The molecule has 0 N–H and O–H groups in total. The van der Waals surface area contributed by atoms with Gasteiger partial charge in [0.15, 0.2) is 0 Å². The van der Waals surface area contributed by atoms with Crippen LogP contribution in [0.15, 0.2) is 41.3 Å². The summed E-state index contributed by atoms with van der Waals surface area (Å²) in [5.74, 6) is 0. The van der Waals surface area contributed by atoms with Crippen molar-refractivity contribution in [2.45, 2.75) is 50.6 Å². The van der Waals surface area contributed by atoms with Crippen molar-refractivity contribution in [2.75, 3.05) is 24.2 Å². The molecular formula is C23H27F3N2S. The average molecular weight is 421 g/mol. The van der Waals surface area contributed by atoms with Crippen molar-refractivity contribution in [1.82, 2.24) is 0 Å². The van der Waals surface area contributed by atoms with Gasteiger partial charge in [0.05, 0.1) is 17.2 Å². The quantitative estimate of drug-likeness (QED) is 0.396. The highest BCUT2D eigenvalue weighted by Crippen LogP contribution is 2.41. The predicted octanol–water partition coefficient (Wildman–Crippen LogP) is 7.37. The van der Waals surface area contributed by atoms with E-state index in [1.165, 1.54) is 23.9 Å². The molecule has 29 heavy (non-hydrogen) atoms. The third kappa shape index (κ3) is 5.93. The van der Waals surface area contributed by atoms with Crippen LogP contribution < -0.4 is 4.90 Å². The number of unbranched alkanes of at least 4 members (excludes halogenated alkanes) is 2. The Kier molecular flexibility index (Phi) is 8.45. The minimum Gasteiger partial charge on any atom is -0.371 e. The molecule has 0 spiro atoms. The summed E-state index contributed by atoms with van der Waals surface area (Å²) in [4.78, 5) is 3.18. The van der Waals surface area contributed by atoms with Gasteiger partial charge in [0.2, 0.25) is 0 Å². The number of rotatable bonds is 9. The van der Waals surface area contributed by atoms with Crippen molar-refractivity contribution in [3.8, 4) is 17.2 Å². The highest BCUT2D eigenvalue weighted by atomic mass is 32.2. The van der Waals surface area contributed by atoms with Crippen LogP contribution in [0.2, 0.25) is 0 Å². The minimum absolute atomic E-state index is 0.568. The monoisotopic (exact) mass is 420 g/mol. The maximum Gasteiger partial charge on any atom is 0.416 e. The van der Waals surface area contributed by atoms with E-state index < -0.39 is 11.7 Å². The Balaban J connectivity index is 2.63. The van der Waals surface area contributed by atoms with E-state index in [0.29, 0.717) is 5.56 Å². The molecule has 0 aliphatic rings. The Labute approximate surface area is 175 Å². The summed E-state index contributed by atoms with van der Waals surface area (Å²) in [6, 6.07) is 11.2. The lowest BCUT2D eigenvalue weighted by Gasteiger charge is -2.29. The number of hydrogen-bond donors (Lipinski definition) is 0. The molecule has 0 aliphatic heterocycles. The Bertz CT molecular complexity index is 831. The fourth-order valence-electron chi connectivity index (χ4n) is 3.24. The molecule has 156 valence electrons. The lowest BCUT2D eigenvalue weighted by Crippen LogP contribution is -2.26. The molecule has 0 atom stereocenters. The zero-order chi connectivity index (χ0) is 21.4. The highest BCUT2D eigenvalue weighted by molar-refractivity contribution is 7.98. The van der Waals surface area contributed by atoms with Gasteiger partial charge >= 0.3 is 6.18 Å². The fraction of sp³-hybridized carbons (Fsp3) is 0.435. The molecule has 0 fully saturated rings. The molecule has 6 heteroatoms. The predicted molar refractivity (Wildman–Crippen MR) is 115 cm³/mol. The Morgan fingerprint density at radius 2 is 1.59 bits per heavy atom. The highest BCUT2D eigenvalue weighted by Gasteiger charge is 2.30. The van der Waals surface area contributed by atoms with Crippen molar-refractivity contribution in [2.24, 2.45) is 0 Å². The standard InChI is InChI=1S/C23H27F3N2S/c1-4-6-12-28(13-7-5-2)20-14-17(16-27)15-21(29-3)22(20)18-8-10-19(11-9-18)23(24,25)26/h8-11,14-15H,4-7,12-13H2,1-3H3. The molecular weight excluding hydrogens is 393 g/mol. The first-order valence-electron chi connectivity index (χ1n) is 9.90. The summed E-state index contributed by atoms with van der Waals surface area (Å²) in [6.45, 7) is 5.97. The summed E-state index contributed by atoms with van der Waals surface area (Å²) in [5.41, 5.74) is 2.47. The Morgan fingerprint density at radius 3 is 2.03 bits per heavy atom. The van der Waals surface area contributed by atoms with Crippen LogP contribution in [0.4, 0.5) is 18.9 Å². The van der Waals surface area contributed by atoms with Gasteiger partial charge < -0.3 is 4.90 Å². The van der Waals surface area contributed by atoms with Crippen LogP contribution >= 0.6 is 11.8 Å². The molecule has 0 aromatic heterocycles. The molecule has 2 rings (SSSR count). The third-order valence-electron chi connectivity index (χ3n) is 4.84. The van der Waals surface area contributed by atoms with Crippen LogP contribution in [0.1, 0.15) is 50.7 Å². The van der Waals surface area contributed by atoms with Gasteiger partial charge in [-0.1, -0.05) is 38.8 Å². The second-order valence-corrected chi connectivity index (χ2v) is 7.80. The summed E-state index contributed by atoms with van der Waals surface area (Å²) in [5, 5.41) is 9.50. The van der Waals surface area contributed by atoms with E-state index in [1.807, 2.05) is 18.4 Å². The largest absolute Gasteiger partial charge is 0.416 e. The van der Waals surface area contributed by atoms with E-state index in [-0.39, 0.29) is 0 Å². The average Bonchev–Trinajstić information content (AvgIpc) is 2.72. The maximum absolute atomic E-state index is 13.0. The number of nitriles is 1. The van der Waals surface area contributed by atoms with Gasteiger partial charge in [-0.25, -0.2) is 0 Å². The molecule has 0 saturated carbocycles. The van der Waals surface area contributed by atoms with Gasteiger partial charge in [-0.05, 0) is 48.9 Å². The first-order valence-corrected chi connectivity index (χ1v) is 11.1. The molecule has 0 radical (unpaired) electrons. The number of alkyl halides is 3. The second-order valence-electron chi connectivity index (χ2n) is 6.95. The molecule has 2 aromatic rings. The van der Waals surface area contributed by atoms with E-state index in [4.69, 9.17) is 0 Å². The molecule has 2 aromatic carbocycles. The lowest BCUT2D eigenvalue weighted by molar-refractivity contribution is -0.137. The second kappa shape index (κ2) is 10.6. The fourth-order valence-corrected chi connectivity index (χ4v) is 3.91. The smallest absolute Gasteiger partial charge is 0.371 e. The lowest BCUT2D eigenvalue weighted by atomic mass is 9.98. The van der Waals surface area contributed by atoms with E-state index >= 15 is 0 Å². The van der Waals surface area contributed by atoms with Gasteiger partial charge in [-0.15, -0.1) is 11.8 Å². The van der Waals surface area contributed by atoms with Crippen LogP contribution in [0.25, 0.3) is 11.1 Å². The number of thioether (sulfide) groups is 1.